The van der Waals surface area contributed by atoms with Gasteiger partial charge in [-0.15, -0.1) is 10.2 Å². The fourth-order valence-corrected chi connectivity index (χ4v) is 8.01. The van der Waals surface area contributed by atoms with E-state index < -0.39 is 13.0 Å². The lowest BCUT2D eigenvalue weighted by molar-refractivity contribution is 0.0995. The molecule has 0 aliphatic heterocycles. The van der Waals surface area contributed by atoms with Crippen LogP contribution in [0.3, 0.4) is 0 Å². The molecule has 3 aromatic rings. The van der Waals surface area contributed by atoms with Crippen molar-refractivity contribution in [3.63, 3.8) is 0 Å². The van der Waals surface area contributed by atoms with Crippen LogP contribution in [0.5, 0.6) is 5.75 Å². The van der Waals surface area contributed by atoms with Crippen molar-refractivity contribution in [2.45, 2.75) is 37.0 Å². The number of nitrogens with two attached hydrogens (primary N) is 1. The second kappa shape index (κ2) is 7.90. The number of benzene rings is 1. The van der Waals surface area contributed by atoms with E-state index in [2.05, 4.69) is 20.6 Å². The van der Waals surface area contributed by atoms with Crippen LogP contribution < -0.4 is 21.1 Å². The van der Waals surface area contributed by atoms with Crippen molar-refractivity contribution >= 4 is 41.3 Å². The molecule has 2 aliphatic rings. The molecule has 2 saturated carbocycles. The summed E-state index contributed by atoms with van der Waals surface area (Å²) >= 11 is 5.96. The van der Waals surface area contributed by atoms with E-state index in [4.69, 9.17) is 22.1 Å². The van der Waals surface area contributed by atoms with Gasteiger partial charge < -0.3 is 20.4 Å². The summed E-state index contributed by atoms with van der Waals surface area (Å²) in [6.45, 7) is 0. The highest BCUT2D eigenvalue weighted by Gasteiger charge is 2.52. The number of nitrogens with zero attached hydrogens (tertiary/aromatic N) is 4. The molecule has 166 valence electrons. The van der Waals surface area contributed by atoms with Crippen molar-refractivity contribution < 1.29 is 14.1 Å². The lowest BCUT2D eigenvalue weighted by atomic mass is 10.2. The first-order valence-corrected chi connectivity index (χ1v) is 12.6. The van der Waals surface area contributed by atoms with Gasteiger partial charge in [-0.25, -0.2) is 4.68 Å². The molecular weight excluding hydrogens is 451 g/mol. The number of primary amides is 1. The number of amides is 1. The van der Waals surface area contributed by atoms with E-state index in [9.17, 15) is 9.36 Å². The SMILES string of the molecule is COc1c(Nc2cc(Cl)nnc2C(N)=O)cccc1-n1cc(P(=O)(C2CC2)C2CC2)cn1. The van der Waals surface area contributed by atoms with Gasteiger partial charge in [0.05, 0.1) is 30.0 Å². The maximum Gasteiger partial charge on any atom is 0.271 e. The standard InChI is InChI=1S/C21H22ClN6O3P/c1-31-20-15(25-16-9-18(22)26-27-19(16)21(23)29)3-2-4-17(20)28-11-14(10-24-28)32(30,12-5-6-12)13-7-8-13/h2-4,9-13H,5-8H2,1H3,(H2,23,29)(H,25,26). The van der Waals surface area contributed by atoms with Gasteiger partial charge in [-0.3, -0.25) is 4.79 Å². The zero-order valence-corrected chi connectivity index (χ0v) is 19.0. The second-order valence-corrected chi connectivity index (χ2v) is 11.9. The summed E-state index contributed by atoms with van der Waals surface area (Å²) in [4.78, 5) is 11.7. The minimum Gasteiger partial charge on any atom is -0.492 e. The molecule has 3 N–H and O–H groups in total. The third-order valence-electron chi connectivity index (χ3n) is 5.86. The molecule has 2 fully saturated rings. The van der Waals surface area contributed by atoms with E-state index in [1.165, 1.54) is 6.07 Å². The van der Waals surface area contributed by atoms with E-state index in [0.717, 1.165) is 31.0 Å². The molecule has 0 bridgehead atoms. The molecule has 1 aromatic carbocycles. The molecular formula is C21H22ClN6O3P. The first kappa shape index (κ1) is 21.0. The minimum absolute atomic E-state index is 0.0435. The fraction of sp³-hybridized carbons (Fsp3) is 0.333. The van der Waals surface area contributed by atoms with Gasteiger partial charge >= 0.3 is 0 Å². The summed E-state index contributed by atoms with van der Waals surface area (Å²) in [5.41, 5.74) is 7.51. The van der Waals surface area contributed by atoms with Gasteiger partial charge in [0.2, 0.25) is 0 Å². The summed E-state index contributed by atoms with van der Waals surface area (Å²) < 4.78 is 21.2. The van der Waals surface area contributed by atoms with Crippen LogP contribution in [-0.2, 0) is 4.57 Å². The van der Waals surface area contributed by atoms with Gasteiger partial charge in [0.1, 0.15) is 12.8 Å². The number of ether oxygens (including phenoxy) is 1. The molecule has 1 amide bonds. The number of hydrogen-bond acceptors (Lipinski definition) is 7. The minimum atomic E-state index is -2.43. The number of para-hydroxylation sites is 1. The lowest BCUT2D eigenvalue weighted by Crippen LogP contribution is -2.16. The van der Waals surface area contributed by atoms with Crippen LogP contribution in [0.1, 0.15) is 36.2 Å². The highest BCUT2D eigenvalue weighted by Crippen LogP contribution is 2.69. The number of nitrogens with one attached hydrogen (secondary N) is 1. The lowest BCUT2D eigenvalue weighted by Gasteiger charge is -2.16. The van der Waals surface area contributed by atoms with Gasteiger partial charge in [-0.05, 0) is 37.8 Å². The van der Waals surface area contributed by atoms with Crippen LogP contribution >= 0.6 is 18.7 Å². The van der Waals surface area contributed by atoms with Crippen molar-refractivity contribution in [3.05, 3.63) is 47.5 Å². The Kier molecular flexibility index (Phi) is 5.18. The molecule has 0 radical (unpaired) electrons. The van der Waals surface area contributed by atoms with E-state index in [1.54, 1.807) is 24.1 Å². The number of aromatic nitrogens is 4. The first-order valence-electron chi connectivity index (χ1n) is 10.3. The predicted molar refractivity (Wildman–Crippen MR) is 122 cm³/mol. The fourth-order valence-electron chi connectivity index (χ4n) is 4.07. The Hall–Kier alpha value is -2.90. The second-order valence-electron chi connectivity index (χ2n) is 8.09. The molecule has 2 aromatic heterocycles. The Morgan fingerprint density at radius 3 is 2.56 bits per heavy atom. The summed E-state index contributed by atoms with van der Waals surface area (Å²) in [6, 6.07) is 6.93. The largest absolute Gasteiger partial charge is 0.492 e. The van der Waals surface area contributed by atoms with Gasteiger partial charge in [-0.2, -0.15) is 5.10 Å². The van der Waals surface area contributed by atoms with E-state index in [1.807, 2.05) is 18.3 Å². The Bertz CT molecular complexity index is 1240. The molecule has 32 heavy (non-hydrogen) atoms. The summed E-state index contributed by atoms with van der Waals surface area (Å²) in [6.07, 6.45) is 7.73. The normalized spacial score (nSPS) is 16.1. The molecule has 0 saturated heterocycles. The van der Waals surface area contributed by atoms with Crippen molar-refractivity contribution in [1.29, 1.82) is 0 Å². The zero-order chi connectivity index (χ0) is 22.5. The Balaban J connectivity index is 1.52. The molecule has 11 heteroatoms. The quantitative estimate of drug-likeness (QED) is 0.481. The maximum absolute atomic E-state index is 13.8. The van der Waals surface area contributed by atoms with Gasteiger partial charge in [0, 0.05) is 23.6 Å². The van der Waals surface area contributed by atoms with E-state index in [0.29, 0.717) is 34.1 Å². The number of carbonyl (C=O) groups excluding carboxylic acids is 1. The number of anilines is 2. The highest BCUT2D eigenvalue weighted by molar-refractivity contribution is 7.73. The van der Waals surface area contributed by atoms with Crippen molar-refractivity contribution in [3.8, 4) is 11.4 Å². The first-order chi connectivity index (χ1) is 15.4. The van der Waals surface area contributed by atoms with Crippen LogP contribution in [0, 0.1) is 0 Å². The maximum atomic E-state index is 13.8. The monoisotopic (exact) mass is 472 g/mol. The average molecular weight is 473 g/mol. The topological polar surface area (TPSA) is 125 Å². The van der Waals surface area contributed by atoms with Crippen molar-refractivity contribution in [2.75, 3.05) is 12.4 Å². The van der Waals surface area contributed by atoms with Crippen LogP contribution in [0.25, 0.3) is 5.69 Å². The smallest absolute Gasteiger partial charge is 0.271 e. The average Bonchev–Trinajstić information content (AvgIpc) is 3.70. The molecule has 0 unspecified atom stereocenters. The van der Waals surface area contributed by atoms with Crippen LogP contribution in [0.2, 0.25) is 5.15 Å². The molecule has 5 rings (SSSR count). The third-order valence-corrected chi connectivity index (χ3v) is 10.3. The number of rotatable bonds is 8. The third kappa shape index (κ3) is 3.65. The summed E-state index contributed by atoms with van der Waals surface area (Å²) in [5.74, 6) is -0.252. The number of carbonyl (C=O) groups is 1. The van der Waals surface area contributed by atoms with E-state index >= 15 is 0 Å². The Morgan fingerprint density at radius 2 is 1.94 bits per heavy atom. The Labute approximate surface area is 189 Å². The zero-order valence-electron chi connectivity index (χ0n) is 17.4. The van der Waals surface area contributed by atoms with Crippen molar-refractivity contribution in [2.24, 2.45) is 5.73 Å². The van der Waals surface area contributed by atoms with Gasteiger partial charge in [0.25, 0.3) is 5.91 Å². The number of hydrogen-bond donors (Lipinski definition) is 2. The molecule has 0 spiro atoms. The Morgan fingerprint density at radius 1 is 1.22 bits per heavy atom. The van der Waals surface area contributed by atoms with E-state index in [-0.39, 0.29) is 10.8 Å². The summed E-state index contributed by atoms with van der Waals surface area (Å²) in [7, 11) is -0.885. The van der Waals surface area contributed by atoms with Crippen molar-refractivity contribution in [1.82, 2.24) is 20.0 Å². The van der Waals surface area contributed by atoms with Gasteiger partial charge in [-0.1, -0.05) is 17.7 Å². The summed E-state index contributed by atoms with van der Waals surface area (Å²) in [5, 5.41) is 16.0. The van der Waals surface area contributed by atoms with Crippen LogP contribution in [0.4, 0.5) is 11.4 Å². The molecule has 2 heterocycles. The van der Waals surface area contributed by atoms with Crippen LogP contribution in [0.15, 0.2) is 36.7 Å². The van der Waals surface area contributed by atoms with Gasteiger partial charge in [0.15, 0.2) is 16.6 Å². The molecule has 9 nitrogen and oxygen atoms in total. The predicted octanol–water partition coefficient (Wildman–Crippen LogP) is 3.48. The molecule has 0 atom stereocenters. The number of methoxy groups -OCH3 is 1. The highest BCUT2D eigenvalue weighted by atomic mass is 35.5. The van der Waals surface area contributed by atoms with Crippen LogP contribution in [-0.4, -0.2) is 44.3 Å². The molecule has 2 aliphatic carbocycles. The number of halogens is 1.